The molecule has 2 aliphatic rings. The van der Waals surface area contributed by atoms with E-state index < -0.39 is 17.1 Å². The molecule has 0 aliphatic carbocycles. The number of ether oxygens (including phenoxy) is 1. The summed E-state index contributed by atoms with van der Waals surface area (Å²) < 4.78 is 5.29. The maximum Gasteiger partial charge on any atom is 0.410 e. The first kappa shape index (κ1) is 18.1. The van der Waals surface area contributed by atoms with Crippen LogP contribution in [0.3, 0.4) is 0 Å². The summed E-state index contributed by atoms with van der Waals surface area (Å²) in [6, 6.07) is 5.44. The van der Waals surface area contributed by atoms with Crippen molar-refractivity contribution in [2.24, 2.45) is 0 Å². The summed E-state index contributed by atoms with van der Waals surface area (Å²) >= 11 is 0. The Morgan fingerprint density at radius 1 is 1.31 bits per heavy atom. The highest BCUT2D eigenvalue weighted by atomic mass is 16.6. The molecule has 0 saturated carbocycles. The normalized spacial score (nSPS) is 22.2. The van der Waals surface area contributed by atoms with Crippen LogP contribution in [0.5, 0.6) is 0 Å². The number of hydrogen-bond acceptors (Lipinski definition) is 6. The molecule has 2 fully saturated rings. The maximum absolute atomic E-state index is 12.4. The van der Waals surface area contributed by atoms with Gasteiger partial charge in [-0.25, -0.2) is 4.79 Å². The number of amides is 2. The quantitative estimate of drug-likeness (QED) is 0.600. The van der Waals surface area contributed by atoms with Crippen molar-refractivity contribution in [1.82, 2.24) is 15.5 Å². The van der Waals surface area contributed by atoms with Crippen LogP contribution < -0.4 is 10.6 Å². The van der Waals surface area contributed by atoms with E-state index in [9.17, 15) is 19.7 Å². The van der Waals surface area contributed by atoms with Gasteiger partial charge in [-0.15, -0.1) is 0 Å². The molecule has 3 rings (SSSR count). The Hall–Kier alpha value is -2.68. The molecule has 140 valence electrons. The Morgan fingerprint density at radius 3 is 2.73 bits per heavy atom. The fourth-order valence-corrected chi connectivity index (χ4v) is 3.27. The number of nitro benzene ring substituents is 1. The zero-order chi connectivity index (χ0) is 18.5. The van der Waals surface area contributed by atoms with Gasteiger partial charge in [0.15, 0.2) is 0 Å². The second-order valence-corrected chi connectivity index (χ2v) is 6.53. The van der Waals surface area contributed by atoms with Crippen molar-refractivity contribution in [3.63, 3.8) is 0 Å². The minimum absolute atomic E-state index is 0.00815. The summed E-state index contributed by atoms with van der Waals surface area (Å²) in [6.07, 6.45) is 1.74. The molecular weight excluding hydrogens is 340 g/mol. The van der Waals surface area contributed by atoms with Gasteiger partial charge in [-0.05, 0) is 43.5 Å². The second-order valence-electron chi connectivity index (χ2n) is 6.53. The monoisotopic (exact) mass is 362 g/mol. The maximum atomic E-state index is 12.4. The van der Waals surface area contributed by atoms with Crippen LogP contribution in [0.1, 0.15) is 24.8 Å². The lowest BCUT2D eigenvalue weighted by atomic mass is 10.2. The van der Waals surface area contributed by atoms with Gasteiger partial charge < -0.3 is 15.4 Å². The van der Waals surface area contributed by atoms with Crippen LogP contribution in [-0.2, 0) is 16.1 Å². The van der Waals surface area contributed by atoms with Crippen molar-refractivity contribution in [1.29, 1.82) is 0 Å². The standard InChI is InChI=1S/C17H22N4O5/c22-16(19-13-7-8-18-10-13)15-2-1-9-20(15)17(23)26-11-12-3-5-14(6-4-12)21(24)25/h3-6,13,15,18H,1-2,7-11H2,(H,19,22)/t13-,15?/m0/s1. The van der Waals surface area contributed by atoms with Gasteiger partial charge in [-0.3, -0.25) is 19.8 Å². The summed E-state index contributed by atoms with van der Waals surface area (Å²) in [7, 11) is 0. The number of carbonyl (C=O) groups is 2. The Labute approximate surface area is 150 Å². The number of non-ortho nitro benzene ring substituents is 1. The molecule has 1 aromatic carbocycles. The number of benzene rings is 1. The van der Waals surface area contributed by atoms with E-state index in [1.54, 1.807) is 12.1 Å². The molecule has 1 aromatic rings. The van der Waals surface area contributed by atoms with E-state index in [2.05, 4.69) is 10.6 Å². The van der Waals surface area contributed by atoms with E-state index in [4.69, 9.17) is 4.74 Å². The summed E-state index contributed by atoms with van der Waals surface area (Å²) in [5.74, 6) is -0.136. The molecule has 2 saturated heterocycles. The van der Waals surface area contributed by atoms with Gasteiger partial charge in [0.25, 0.3) is 5.69 Å². The van der Waals surface area contributed by atoms with Crippen LogP contribution in [0.15, 0.2) is 24.3 Å². The van der Waals surface area contributed by atoms with Gasteiger partial charge in [0.1, 0.15) is 12.6 Å². The third-order valence-electron chi connectivity index (χ3n) is 4.71. The van der Waals surface area contributed by atoms with Crippen molar-refractivity contribution in [3.05, 3.63) is 39.9 Å². The second kappa shape index (κ2) is 8.13. The van der Waals surface area contributed by atoms with E-state index in [0.717, 1.165) is 25.9 Å². The summed E-state index contributed by atoms with van der Waals surface area (Å²) in [5, 5.41) is 16.8. The highest BCUT2D eigenvalue weighted by molar-refractivity contribution is 5.86. The molecule has 2 heterocycles. The molecule has 2 N–H and O–H groups in total. The van der Waals surface area contributed by atoms with Gasteiger partial charge in [0.05, 0.1) is 4.92 Å². The van der Waals surface area contributed by atoms with Crippen molar-refractivity contribution in [3.8, 4) is 0 Å². The van der Waals surface area contributed by atoms with Crippen LogP contribution >= 0.6 is 0 Å². The SMILES string of the molecule is O=C(N[C@H]1CCNC1)C1CCCN1C(=O)OCc1ccc([N+](=O)[O-])cc1. The van der Waals surface area contributed by atoms with E-state index in [0.29, 0.717) is 18.5 Å². The van der Waals surface area contributed by atoms with E-state index in [-0.39, 0.29) is 24.2 Å². The zero-order valence-corrected chi connectivity index (χ0v) is 14.3. The lowest BCUT2D eigenvalue weighted by Gasteiger charge is -2.24. The average Bonchev–Trinajstić information content (AvgIpc) is 3.31. The number of nitrogens with zero attached hydrogens (tertiary/aromatic N) is 2. The highest BCUT2D eigenvalue weighted by Gasteiger charge is 2.36. The van der Waals surface area contributed by atoms with Crippen molar-refractivity contribution in [2.75, 3.05) is 19.6 Å². The first-order chi connectivity index (χ1) is 12.5. The molecule has 2 atom stereocenters. The predicted octanol–water partition coefficient (Wildman–Crippen LogP) is 1.17. The minimum atomic E-state index is -0.537. The fraction of sp³-hybridized carbons (Fsp3) is 0.529. The van der Waals surface area contributed by atoms with Crippen LogP contribution in [0.25, 0.3) is 0 Å². The number of nitro groups is 1. The molecule has 2 amide bonds. The Morgan fingerprint density at radius 2 is 2.08 bits per heavy atom. The summed E-state index contributed by atoms with van der Waals surface area (Å²) in [4.78, 5) is 36.4. The van der Waals surface area contributed by atoms with Crippen molar-refractivity contribution >= 4 is 17.7 Å². The van der Waals surface area contributed by atoms with Crippen LogP contribution in [0.2, 0.25) is 0 Å². The zero-order valence-electron chi connectivity index (χ0n) is 14.3. The summed E-state index contributed by atoms with van der Waals surface area (Å²) in [5.41, 5.74) is 0.638. The number of rotatable bonds is 5. The molecule has 9 heteroatoms. The van der Waals surface area contributed by atoms with Crippen LogP contribution in [0, 0.1) is 10.1 Å². The topological polar surface area (TPSA) is 114 Å². The van der Waals surface area contributed by atoms with Crippen LogP contribution in [-0.4, -0.2) is 53.5 Å². The molecule has 2 aliphatic heterocycles. The van der Waals surface area contributed by atoms with Crippen LogP contribution in [0.4, 0.5) is 10.5 Å². The third-order valence-corrected chi connectivity index (χ3v) is 4.71. The molecule has 1 unspecified atom stereocenters. The Bertz CT molecular complexity index is 672. The van der Waals surface area contributed by atoms with E-state index >= 15 is 0 Å². The Balaban J connectivity index is 1.52. The number of likely N-dealkylation sites (tertiary alicyclic amines) is 1. The smallest absolute Gasteiger partial charge is 0.410 e. The van der Waals surface area contributed by atoms with Gasteiger partial charge in [-0.2, -0.15) is 0 Å². The molecule has 0 bridgehead atoms. The minimum Gasteiger partial charge on any atom is -0.445 e. The lowest BCUT2D eigenvalue weighted by molar-refractivity contribution is -0.384. The molecular formula is C17H22N4O5. The van der Waals surface area contributed by atoms with Gasteiger partial charge in [-0.1, -0.05) is 0 Å². The molecule has 9 nitrogen and oxygen atoms in total. The van der Waals surface area contributed by atoms with Crippen molar-refractivity contribution < 1.29 is 19.2 Å². The van der Waals surface area contributed by atoms with Gasteiger partial charge in [0.2, 0.25) is 5.91 Å². The largest absolute Gasteiger partial charge is 0.445 e. The van der Waals surface area contributed by atoms with E-state index in [1.165, 1.54) is 17.0 Å². The number of hydrogen-bond donors (Lipinski definition) is 2. The third kappa shape index (κ3) is 4.29. The molecule has 0 aromatic heterocycles. The number of nitrogens with one attached hydrogen (secondary N) is 2. The van der Waals surface area contributed by atoms with Gasteiger partial charge >= 0.3 is 6.09 Å². The predicted molar refractivity (Wildman–Crippen MR) is 92.4 cm³/mol. The first-order valence-corrected chi connectivity index (χ1v) is 8.72. The van der Waals surface area contributed by atoms with Gasteiger partial charge in [0, 0.05) is 31.3 Å². The molecule has 0 radical (unpaired) electrons. The highest BCUT2D eigenvalue weighted by Crippen LogP contribution is 2.20. The molecule has 26 heavy (non-hydrogen) atoms. The Kier molecular flexibility index (Phi) is 5.67. The summed E-state index contributed by atoms with van der Waals surface area (Å²) in [6.45, 7) is 2.13. The number of carbonyl (C=O) groups excluding carboxylic acids is 2. The molecule has 0 spiro atoms. The lowest BCUT2D eigenvalue weighted by Crippen LogP contribution is -2.49. The fourth-order valence-electron chi connectivity index (χ4n) is 3.27. The van der Waals surface area contributed by atoms with E-state index in [1.807, 2.05) is 0 Å². The first-order valence-electron chi connectivity index (χ1n) is 8.72. The average molecular weight is 362 g/mol. The van der Waals surface area contributed by atoms with Crippen molar-refractivity contribution in [2.45, 2.75) is 38.0 Å².